The SMILES string of the molecule is Fc1ccc([C@H]2C3=C(Nc4ncnn42)c2ccccc2OC3)cc1. The second-order valence-corrected chi connectivity index (χ2v) is 5.79. The number of nitrogens with one attached hydrogen (secondary N) is 1. The molecule has 0 saturated heterocycles. The van der Waals surface area contributed by atoms with E-state index < -0.39 is 0 Å². The fourth-order valence-electron chi connectivity index (χ4n) is 3.34. The quantitative estimate of drug-likeness (QED) is 0.748. The summed E-state index contributed by atoms with van der Waals surface area (Å²) in [6.07, 6.45) is 1.52. The highest BCUT2D eigenvalue weighted by atomic mass is 19.1. The first-order chi connectivity index (χ1) is 11.8. The molecule has 2 aliphatic heterocycles. The van der Waals surface area contributed by atoms with Crippen LogP contribution in [0.25, 0.3) is 5.70 Å². The Morgan fingerprint density at radius 1 is 1.12 bits per heavy atom. The van der Waals surface area contributed by atoms with Gasteiger partial charge in [0.1, 0.15) is 30.5 Å². The zero-order valence-corrected chi connectivity index (χ0v) is 12.6. The van der Waals surface area contributed by atoms with Crippen molar-refractivity contribution in [2.75, 3.05) is 11.9 Å². The topological polar surface area (TPSA) is 52.0 Å². The smallest absolute Gasteiger partial charge is 0.226 e. The van der Waals surface area contributed by atoms with Crippen molar-refractivity contribution in [2.45, 2.75) is 6.04 Å². The van der Waals surface area contributed by atoms with Crippen molar-refractivity contribution in [1.82, 2.24) is 14.8 Å². The van der Waals surface area contributed by atoms with E-state index in [0.29, 0.717) is 12.6 Å². The van der Waals surface area contributed by atoms with E-state index in [9.17, 15) is 4.39 Å². The first-order valence-corrected chi connectivity index (χ1v) is 7.68. The maximum absolute atomic E-state index is 13.3. The van der Waals surface area contributed by atoms with Gasteiger partial charge in [-0.25, -0.2) is 9.07 Å². The van der Waals surface area contributed by atoms with Gasteiger partial charge in [-0.15, -0.1) is 0 Å². The van der Waals surface area contributed by atoms with Crippen molar-refractivity contribution >= 4 is 11.6 Å². The lowest BCUT2D eigenvalue weighted by atomic mass is 9.92. The number of ether oxygens (including phenoxy) is 1. The number of fused-ring (bicyclic) bond motifs is 3. The molecule has 3 aromatic rings. The molecule has 0 fully saturated rings. The van der Waals surface area contributed by atoms with Crippen LogP contribution in [0.4, 0.5) is 10.3 Å². The molecule has 5 rings (SSSR count). The molecule has 0 spiro atoms. The van der Waals surface area contributed by atoms with Gasteiger partial charge in [0.25, 0.3) is 0 Å². The molecule has 0 unspecified atom stereocenters. The molecule has 1 atom stereocenters. The molecule has 0 aliphatic carbocycles. The average molecular weight is 320 g/mol. The molecule has 0 radical (unpaired) electrons. The summed E-state index contributed by atoms with van der Waals surface area (Å²) in [7, 11) is 0. The summed E-state index contributed by atoms with van der Waals surface area (Å²) in [6, 6.07) is 14.2. The minimum Gasteiger partial charge on any atom is -0.488 e. The first-order valence-electron chi connectivity index (χ1n) is 7.68. The zero-order valence-electron chi connectivity index (χ0n) is 12.6. The van der Waals surface area contributed by atoms with Gasteiger partial charge in [-0.1, -0.05) is 24.3 Å². The number of benzene rings is 2. The maximum atomic E-state index is 13.3. The highest BCUT2D eigenvalue weighted by molar-refractivity contribution is 5.84. The van der Waals surface area contributed by atoms with E-state index in [4.69, 9.17) is 4.74 Å². The molecule has 6 heteroatoms. The maximum Gasteiger partial charge on any atom is 0.226 e. The van der Waals surface area contributed by atoms with Crippen molar-refractivity contribution < 1.29 is 9.13 Å². The van der Waals surface area contributed by atoms with Crippen LogP contribution >= 0.6 is 0 Å². The Labute approximate surface area is 137 Å². The Balaban J connectivity index is 1.73. The van der Waals surface area contributed by atoms with E-state index in [-0.39, 0.29) is 11.9 Å². The third-order valence-corrected chi connectivity index (χ3v) is 4.43. The minimum absolute atomic E-state index is 0.173. The van der Waals surface area contributed by atoms with Crippen LogP contribution < -0.4 is 10.1 Å². The molecule has 118 valence electrons. The van der Waals surface area contributed by atoms with Crippen LogP contribution in [0.2, 0.25) is 0 Å². The van der Waals surface area contributed by atoms with Gasteiger partial charge in [-0.05, 0) is 29.8 Å². The van der Waals surface area contributed by atoms with Crippen molar-refractivity contribution in [3.8, 4) is 5.75 Å². The summed E-state index contributed by atoms with van der Waals surface area (Å²) in [5.41, 5.74) is 3.99. The fourth-order valence-corrected chi connectivity index (χ4v) is 3.34. The molecule has 3 heterocycles. The van der Waals surface area contributed by atoms with Gasteiger partial charge in [0.2, 0.25) is 5.95 Å². The summed E-state index contributed by atoms with van der Waals surface area (Å²) >= 11 is 0. The van der Waals surface area contributed by atoms with Crippen LogP contribution in [0.3, 0.4) is 0 Å². The molecule has 0 saturated carbocycles. The summed E-state index contributed by atoms with van der Waals surface area (Å²) in [4.78, 5) is 4.31. The van der Waals surface area contributed by atoms with Crippen LogP contribution in [-0.2, 0) is 0 Å². The molecule has 2 aliphatic rings. The summed E-state index contributed by atoms with van der Waals surface area (Å²) in [6.45, 7) is 0.445. The molecule has 0 amide bonds. The summed E-state index contributed by atoms with van der Waals surface area (Å²) in [5, 5.41) is 7.70. The van der Waals surface area contributed by atoms with E-state index in [1.54, 1.807) is 12.1 Å². The molecule has 5 nitrogen and oxygen atoms in total. The van der Waals surface area contributed by atoms with Crippen LogP contribution in [0.1, 0.15) is 17.2 Å². The van der Waals surface area contributed by atoms with Gasteiger partial charge < -0.3 is 10.1 Å². The van der Waals surface area contributed by atoms with Gasteiger partial charge in [-0.2, -0.15) is 10.1 Å². The third kappa shape index (κ3) is 1.86. The van der Waals surface area contributed by atoms with Crippen molar-refractivity contribution in [2.24, 2.45) is 0 Å². The van der Waals surface area contributed by atoms with E-state index in [0.717, 1.165) is 28.1 Å². The lowest BCUT2D eigenvalue weighted by Gasteiger charge is -2.34. The Bertz CT molecular complexity index is 961. The Morgan fingerprint density at radius 3 is 2.83 bits per heavy atom. The van der Waals surface area contributed by atoms with Crippen LogP contribution in [0.5, 0.6) is 5.75 Å². The number of hydrogen-bond donors (Lipinski definition) is 1. The third-order valence-electron chi connectivity index (χ3n) is 4.43. The standard InChI is InChI=1S/C18H13FN4O/c19-12-7-5-11(6-8-12)17-14-9-24-15-4-2-1-3-13(15)16(14)22-18-20-10-21-23(17)18/h1-8,10,17H,9H2,(H,20,21,22)/t17-/m0/s1. The molecule has 24 heavy (non-hydrogen) atoms. The van der Waals surface area contributed by atoms with E-state index in [1.165, 1.54) is 18.5 Å². The van der Waals surface area contributed by atoms with Gasteiger partial charge in [0.15, 0.2) is 0 Å². The number of para-hydroxylation sites is 1. The Kier molecular flexibility index (Phi) is 2.73. The normalized spacial score (nSPS) is 18.1. The van der Waals surface area contributed by atoms with E-state index >= 15 is 0 Å². The van der Waals surface area contributed by atoms with Gasteiger partial charge in [0, 0.05) is 11.1 Å². The van der Waals surface area contributed by atoms with Crippen LogP contribution in [-0.4, -0.2) is 21.4 Å². The lowest BCUT2D eigenvalue weighted by Crippen LogP contribution is -2.30. The highest BCUT2D eigenvalue weighted by Gasteiger charge is 2.34. The van der Waals surface area contributed by atoms with Crippen molar-refractivity contribution in [1.29, 1.82) is 0 Å². The zero-order chi connectivity index (χ0) is 16.1. The molecule has 2 aromatic carbocycles. The number of halogens is 1. The van der Waals surface area contributed by atoms with Crippen molar-refractivity contribution in [3.63, 3.8) is 0 Å². The van der Waals surface area contributed by atoms with Gasteiger partial charge >= 0.3 is 0 Å². The monoisotopic (exact) mass is 320 g/mol. The molecular weight excluding hydrogens is 307 g/mol. The Morgan fingerprint density at radius 2 is 1.96 bits per heavy atom. The molecule has 1 aromatic heterocycles. The second-order valence-electron chi connectivity index (χ2n) is 5.79. The predicted octanol–water partition coefficient (Wildman–Crippen LogP) is 3.24. The predicted molar refractivity (Wildman–Crippen MR) is 87.0 cm³/mol. The minimum atomic E-state index is -0.258. The van der Waals surface area contributed by atoms with E-state index in [2.05, 4.69) is 15.4 Å². The Hall–Kier alpha value is -3.15. The molecular formula is C18H13FN4O. The van der Waals surface area contributed by atoms with E-state index in [1.807, 2.05) is 28.9 Å². The largest absolute Gasteiger partial charge is 0.488 e. The average Bonchev–Trinajstić information content (AvgIpc) is 3.09. The number of rotatable bonds is 1. The van der Waals surface area contributed by atoms with Crippen molar-refractivity contribution in [3.05, 3.63) is 77.4 Å². The summed E-state index contributed by atoms with van der Waals surface area (Å²) in [5.74, 6) is 1.25. The fraction of sp³-hybridized carbons (Fsp3) is 0.111. The highest BCUT2D eigenvalue weighted by Crippen LogP contribution is 2.43. The molecule has 1 N–H and O–H groups in total. The van der Waals surface area contributed by atoms with Gasteiger partial charge in [0.05, 0.1) is 5.70 Å². The number of nitrogens with zero attached hydrogens (tertiary/aromatic N) is 3. The number of aromatic nitrogens is 3. The first kappa shape index (κ1) is 13.3. The number of anilines is 1. The summed E-state index contributed by atoms with van der Waals surface area (Å²) < 4.78 is 21.1. The van der Waals surface area contributed by atoms with Crippen LogP contribution in [0, 0.1) is 5.82 Å². The molecule has 0 bridgehead atoms. The number of hydrogen-bond acceptors (Lipinski definition) is 4. The lowest BCUT2D eigenvalue weighted by molar-refractivity contribution is 0.328. The van der Waals surface area contributed by atoms with Crippen LogP contribution in [0.15, 0.2) is 60.4 Å². The second kappa shape index (κ2) is 4.92. The van der Waals surface area contributed by atoms with Gasteiger partial charge in [-0.3, -0.25) is 0 Å².